The first-order valence-electron chi connectivity index (χ1n) is 6.87. The molecule has 0 spiro atoms. The molecule has 18 heavy (non-hydrogen) atoms. The Morgan fingerprint density at radius 3 is 2.50 bits per heavy atom. The highest BCUT2D eigenvalue weighted by atomic mass is 32.1. The van der Waals surface area contributed by atoms with Crippen LogP contribution in [-0.2, 0) is 16.8 Å². The van der Waals surface area contributed by atoms with E-state index in [9.17, 15) is 0 Å². The highest BCUT2D eigenvalue weighted by Crippen LogP contribution is 2.40. The fourth-order valence-electron chi connectivity index (χ4n) is 2.91. The number of nitrogens with one attached hydrogen (secondary N) is 1. The van der Waals surface area contributed by atoms with Crippen LogP contribution < -0.4 is 0 Å². The molecular formula is C14H22N2OS. The molecule has 0 radical (unpaired) electrons. The molecule has 0 atom stereocenters. The largest absolute Gasteiger partial charge is 0.367 e. The fraction of sp³-hybridized carbons (Fsp3) is 0.714. The van der Waals surface area contributed by atoms with Crippen LogP contribution in [0.1, 0.15) is 56.6 Å². The third-order valence-electron chi connectivity index (χ3n) is 3.85. The molecule has 0 aromatic carbocycles. The summed E-state index contributed by atoms with van der Waals surface area (Å²) in [7, 11) is 0. The van der Waals surface area contributed by atoms with Crippen LogP contribution in [0.2, 0.25) is 0 Å². The predicted octanol–water partition coefficient (Wildman–Crippen LogP) is 3.82. The Hall–Kier alpha value is -0.740. The molecule has 0 amide bonds. The van der Waals surface area contributed by atoms with Crippen molar-refractivity contribution in [2.75, 3.05) is 6.61 Å². The molecule has 2 rings (SSSR count). The molecule has 1 aliphatic carbocycles. The average molecular weight is 266 g/mol. The molecule has 1 N–H and O–H groups in total. The molecule has 1 heterocycles. The van der Waals surface area contributed by atoms with Gasteiger partial charge in [-0.3, -0.25) is 0 Å². The summed E-state index contributed by atoms with van der Waals surface area (Å²) in [5.41, 5.74) is 2.07. The van der Waals surface area contributed by atoms with E-state index in [-0.39, 0.29) is 5.60 Å². The molecule has 0 aliphatic heterocycles. The van der Waals surface area contributed by atoms with Crippen molar-refractivity contribution >= 4 is 12.2 Å². The van der Waals surface area contributed by atoms with Crippen LogP contribution in [0, 0.1) is 11.6 Å². The molecule has 1 aromatic rings. The lowest BCUT2D eigenvalue weighted by Gasteiger charge is -2.28. The number of nitrogens with zero attached hydrogens (tertiary/aromatic N) is 1. The molecule has 1 saturated carbocycles. The van der Waals surface area contributed by atoms with Gasteiger partial charge >= 0.3 is 0 Å². The van der Waals surface area contributed by atoms with E-state index < -0.39 is 0 Å². The molecular weight excluding hydrogens is 244 g/mol. The first kappa shape index (κ1) is 13.7. The van der Waals surface area contributed by atoms with Crippen LogP contribution in [0.15, 0.2) is 0 Å². The Morgan fingerprint density at radius 2 is 2.00 bits per heavy atom. The number of H-pyrrole nitrogens is 1. The lowest BCUT2D eigenvalue weighted by molar-refractivity contribution is -0.0459. The van der Waals surface area contributed by atoms with Gasteiger partial charge in [-0.2, -0.15) is 0 Å². The van der Waals surface area contributed by atoms with Crippen molar-refractivity contribution in [3.63, 3.8) is 0 Å². The van der Waals surface area contributed by atoms with Crippen molar-refractivity contribution in [2.24, 2.45) is 0 Å². The maximum absolute atomic E-state index is 6.02. The van der Waals surface area contributed by atoms with E-state index in [1.165, 1.54) is 12.8 Å². The van der Waals surface area contributed by atoms with Gasteiger partial charge in [0.05, 0.1) is 0 Å². The molecule has 4 heteroatoms. The molecule has 1 aromatic heterocycles. The Morgan fingerprint density at radius 1 is 1.33 bits per heavy atom. The van der Waals surface area contributed by atoms with Crippen molar-refractivity contribution in [2.45, 2.75) is 58.5 Å². The highest BCUT2D eigenvalue weighted by molar-refractivity contribution is 7.71. The minimum absolute atomic E-state index is 0.223. The van der Waals surface area contributed by atoms with E-state index in [4.69, 9.17) is 17.0 Å². The molecule has 0 unspecified atom stereocenters. The third-order valence-corrected chi connectivity index (χ3v) is 4.18. The van der Waals surface area contributed by atoms with Gasteiger partial charge in [-0.05, 0) is 46.0 Å². The number of aromatic amines is 1. The van der Waals surface area contributed by atoms with Gasteiger partial charge in [0.1, 0.15) is 16.1 Å². The smallest absolute Gasteiger partial charge is 0.140 e. The van der Waals surface area contributed by atoms with Crippen LogP contribution in [0.5, 0.6) is 0 Å². The maximum atomic E-state index is 6.02. The van der Waals surface area contributed by atoms with Crippen molar-refractivity contribution in [3.8, 4) is 0 Å². The summed E-state index contributed by atoms with van der Waals surface area (Å²) in [6.45, 7) is 6.95. The maximum Gasteiger partial charge on any atom is 0.140 e. The molecule has 1 fully saturated rings. The summed E-state index contributed by atoms with van der Waals surface area (Å²) in [6.07, 6.45) is 5.43. The summed E-state index contributed by atoms with van der Waals surface area (Å²) >= 11 is 5.41. The second-order valence-electron chi connectivity index (χ2n) is 4.98. The van der Waals surface area contributed by atoms with E-state index >= 15 is 0 Å². The zero-order valence-corrected chi connectivity index (χ0v) is 12.3. The van der Waals surface area contributed by atoms with Gasteiger partial charge in [-0.15, -0.1) is 0 Å². The monoisotopic (exact) mass is 266 g/mol. The number of hydrogen-bond acceptors (Lipinski definition) is 3. The van der Waals surface area contributed by atoms with Crippen LogP contribution in [0.3, 0.4) is 0 Å². The molecule has 3 nitrogen and oxygen atoms in total. The Labute approximate surface area is 114 Å². The Bertz CT molecular complexity index is 475. The SMILES string of the molecule is CCOC1(c2nc(=S)c(CC)c(C)[nH]2)CCCC1. The quantitative estimate of drug-likeness (QED) is 0.842. The fourth-order valence-corrected chi connectivity index (χ4v) is 3.30. The Kier molecular flexibility index (Phi) is 4.17. The second kappa shape index (κ2) is 5.49. The van der Waals surface area contributed by atoms with Gasteiger partial charge in [-0.25, -0.2) is 4.98 Å². The van der Waals surface area contributed by atoms with Crippen molar-refractivity contribution in [1.29, 1.82) is 0 Å². The summed E-state index contributed by atoms with van der Waals surface area (Å²) < 4.78 is 6.75. The number of ether oxygens (including phenoxy) is 1. The van der Waals surface area contributed by atoms with Crippen molar-refractivity contribution in [3.05, 3.63) is 21.7 Å². The van der Waals surface area contributed by atoms with Gasteiger partial charge < -0.3 is 9.72 Å². The van der Waals surface area contributed by atoms with Crippen LogP contribution >= 0.6 is 12.2 Å². The van der Waals surface area contributed by atoms with Gasteiger partial charge in [0, 0.05) is 17.9 Å². The Balaban J connectivity index is 2.46. The summed E-state index contributed by atoms with van der Waals surface area (Å²) in [4.78, 5) is 8.04. The second-order valence-corrected chi connectivity index (χ2v) is 5.37. The average Bonchev–Trinajstić information content (AvgIpc) is 2.79. The topological polar surface area (TPSA) is 37.9 Å². The minimum Gasteiger partial charge on any atom is -0.367 e. The molecule has 100 valence electrons. The van der Waals surface area contributed by atoms with E-state index in [0.717, 1.165) is 47.6 Å². The molecule has 0 saturated heterocycles. The predicted molar refractivity (Wildman–Crippen MR) is 75.3 cm³/mol. The number of aryl methyl sites for hydroxylation is 1. The lowest BCUT2D eigenvalue weighted by Crippen LogP contribution is -2.29. The number of rotatable bonds is 4. The summed E-state index contributed by atoms with van der Waals surface area (Å²) in [5.74, 6) is 0.932. The highest BCUT2D eigenvalue weighted by Gasteiger charge is 2.38. The lowest BCUT2D eigenvalue weighted by atomic mass is 10.0. The first-order valence-corrected chi connectivity index (χ1v) is 7.28. The van der Waals surface area contributed by atoms with E-state index in [2.05, 4.69) is 23.8 Å². The zero-order chi connectivity index (χ0) is 13.2. The standard InChI is InChI=1S/C14H22N2OS/c1-4-11-10(3)15-13(16-12(11)18)14(17-5-2)8-6-7-9-14/h4-9H2,1-3H3,(H,15,16,18). The normalized spacial score (nSPS) is 18.2. The van der Waals surface area contributed by atoms with Gasteiger partial charge in [0.25, 0.3) is 0 Å². The zero-order valence-electron chi connectivity index (χ0n) is 11.5. The molecule has 1 aliphatic rings. The third kappa shape index (κ3) is 2.36. The van der Waals surface area contributed by atoms with Crippen LogP contribution in [0.25, 0.3) is 0 Å². The van der Waals surface area contributed by atoms with Crippen molar-refractivity contribution in [1.82, 2.24) is 9.97 Å². The molecule has 0 bridgehead atoms. The number of hydrogen-bond donors (Lipinski definition) is 1. The first-order chi connectivity index (χ1) is 8.63. The summed E-state index contributed by atoms with van der Waals surface area (Å²) in [6, 6.07) is 0. The van der Waals surface area contributed by atoms with E-state index in [1.807, 2.05) is 6.92 Å². The van der Waals surface area contributed by atoms with Gasteiger partial charge in [0.2, 0.25) is 0 Å². The van der Waals surface area contributed by atoms with Crippen LogP contribution in [-0.4, -0.2) is 16.6 Å². The van der Waals surface area contributed by atoms with E-state index in [1.54, 1.807) is 0 Å². The van der Waals surface area contributed by atoms with Gasteiger partial charge in [0.15, 0.2) is 0 Å². The van der Waals surface area contributed by atoms with Crippen LogP contribution in [0.4, 0.5) is 0 Å². The summed E-state index contributed by atoms with van der Waals surface area (Å²) in [5, 5.41) is 0. The van der Waals surface area contributed by atoms with E-state index in [0.29, 0.717) is 0 Å². The van der Waals surface area contributed by atoms with Gasteiger partial charge in [-0.1, -0.05) is 19.1 Å². The van der Waals surface area contributed by atoms with Crippen molar-refractivity contribution < 1.29 is 4.74 Å². The minimum atomic E-state index is -0.223. The number of aromatic nitrogens is 2.